The molecule has 0 aliphatic carbocycles. The van der Waals surface area contributed by atoms with Gasteiger partial charge in [0.05, 0.1) is 18.6 Å². The van der Waals surface area contributed by atoms with Gasteiger partial charge in [0.15, 0.2) is 0 Å². The molecule has 0 saturated carbocycles. The Morgan fingerprint density at radius 3 is 2.47 bits per heavy atom. The third kappa shape index (κ3) is 3.42. The summed E-state index contributed by atoms with van der Waals surface area (Å²) in [6, 6.07) is 8.10. The summed E-state index contributed by atoms with van der Waals surface area (Å²) in [4.78, 5) is 0. The Bertz CT molecular complexity index is 465. The molecule has 0 spiro atoms. The van der Waals surface area contributed by atoms with Gasteiger partial charge in [0.25, 0.3) is 0 Å². The van der Waals surface area contributed by atoms with Crippen LogP contribution in [0.2, 0.25) is 0 Å². The van der Waals surface area contributed by atoms with E-state index in [0.717, 1.165) is 26.5 Å². The van der Waals surface area contributed by atoms with Crippen LogP contribution in [-0.4, -0.2) is 0 Å². The summed E-state index contributed by atoms with van der Waals surface area (Å²) in [5.41, 5.74) is 5.06. The predicted octanol–water partition coefficient (Wildman–Crippen LogP) is 3.55. The molecule has 0 fully saturated rings. The van der Waals surface area contributed by atoms with E-state index in [2.05, 4.69) is 49.4 Å². The highest BCUT2D eigenvalue weighted by atomic mass is 79.9. The van der Waals surface area contributed by atoms with Gasteiger partial charge >= 0.3 is 0 Å². The average Bonchev–Trinajstić information content (AvgIpc) is 2.77. The van der Waals surface area contributed by atoms with E-state index < -0.39 is 0 Å². The van der Waals surface area contributed by atoms with Gasteiger partial charge in [-0.1, -0.05) is 31.9 Å². The van der Waals surface area contributed by atoms with Crippen LogP contribution in [0.4, 0.5) is 0 Å². The van der Waals surface area contributed by atoms with Gasteiger partial charge in [-0.25, -0.2) is 0 Å². The lowest BCUT2D eigenvalue weighted by molar-refractivity contribution is 0.535. The Kier molecular flexibility index (Phi) is 4.39. The van der Waals surface area contributed by atoms with Crippen molar-refractivity contribution in [3.05, 3.63) is 56.9 Å². The highest BCUT2D eigenvalue weighted by Crippen LogP contribution is 2.26. The van der Waals surface area contributed by atoms with Crippen molar-refractivity contribution < 1.29 is 4.42 Å². The van der Waals surface area contributed by atoms with Crippen molar-refractivity contribution in [1.82, 2.24) is 5.43 Å². The van der Waals surface area contributed by atoms with Crippen molar-refractivity contribution in [2.75, 3.05) is 0 Å². The first-order valence-electron chi connectivity index (χ1n) is 5.12. The molecule has 3 N–H and O–H groups in total. The monoisotopic (exact) mass is 358 g/mol. The second-order valence-corrected chi connectivity index (χ2v) is 5.59. The highest BCUT2D eigenvalue weighted by molar-refractivity contribution is 9.11. The van der Waals surface area contributed by atoms with Crippen LogP contribution < -0.4 is 11.3 Å². The van der Waals surface area contributed by atoms with Gasteiger partial charge < -0.3 is 4.42 Å². The molecule has 1 heterocycles. The quantitative estimate of drug-likeness (QED) is 0.648. The normalized spacial score (nSPS) is 12.6. The summed E-state index contributed by atoms with van der Waals surface area (Å²) in [6.45, 7) is 0. The summed E-state index contributed by atoms with van der Waals surface area (Å²) in [5, 5.41) is 0. The molecular weight excluding hydrogens is 348 g/mol. The first-order chi connectivity index (χ1) is 8.19. The molecular formula is C12H12Br2N2O. The summed E-state index contributed by atoms with van der Waals surface area (Å²) in [5.74, 6) is 5.61. The van der Waals surface area contributed by atoms with Crippen LogP contribution in [0.1, 0.15) is 17.2 Å². The Morgan fingerprint density at radius 2 is 1.94 bits per heavy atom. The van der Waals surface area contributed by atoms with E-state index in [4.69, 9.17) is 10.3 Å². The summed E-state index contributed by atoms with van der Waals surface area (Å²) in [6.07, 6.45) is 4.19. The van der Waals surface area contributed by atoms with Crippen molar-refractivity contribution in [3.63, 3.8) is 0 Å². The number of benzene rings is 1. The number of nitrogens with two attached hydrogens (primary N) is 1. The second-order valence-electron chi connectivity index (χ2n) is 3.76. The van der Waals surface area contributed by atoms with E-state index in [1.165, 1.54) is 0 Å². The topological polar surface area (TPSA) is 51.2 Å². The average molecular weight is 360 g/mol. The highest BCUT2D eigenvalue weighted by Gasteiger charge is 2.12. The molecule has 3 nitrogen and oxygen atoms in total. The first-order valence-corrected chi connectivity index (χ1v) is 6.71. The summed E-state index contributed by atoms with van der Waals surface area (Å²) < 4.78 is 7.10. The molecule has 0 aliphatic rings. The third-order valence-corrected chi connectivity index (χ3v) is 3.42. The molecule has 90 valence electrons. The largest absolute Gasteiger partial charge is 0.472 e. The van der Waals surface area contributed by atoms with Gasteiger partial charge in [0.2, 0.25) is 0 Å². The lowest BCUT2D eigenvalue weighted by Gasteiger charge is -2.16. The van der Waals surface area contributed by atoms with Crippen LogP contribution in [0, 0.1) is 0 Å². The van der Waals surface area contributed by atoms with Crippen LogP contribution in [0.15, 0.2) is 50.2 Å². The van der Waals surface area contributed by atoms with Gasteiger partial charge in [0, 0.05) is 8.95 Å². The molecule has 2 aromatic rings. The van der Waals surface area contributed by atoms with Crippen LogP contribution in [-0.2, 0) is 6.42 Å². The Hall–Kier alpha value is -0.620. The molecule has 1 aromatic heterocycles. The summed E-state index contributed by atoms with van der Waals surface area (Å²) >= 11 is 6.94. The molecule has 0 radical (unpaired) electrons. The molecule has 0 bridgehead atoms. The maximum Gasteiger partial charge on any atom is 0.0935 e. The Balaban J connectivity index is 2.22. The van der Waals surface area contributed by atoms with Crippen LogP contribution in [0.25, 0.3) is 0 Å². The van der Waals surface area contributed by atoms with Crippen LogP contribution in [0.3, 0.4) is 0 Å². The number of hydrogen-bond acceptors (Lipinski definition) is 3. The van der Waals surface area contributed by atoms with Crippen molar-refractivity contribution in [2.24, 2.45) is 5.84 Å². The molecule has 1 unspecified atom stereocenters. The van der Waals surface area contributed by atoms with E-state index in [1.54, 1.807) is 12.5 Å². The number of rotatable bonds is 4. The smallest absolute Gasteiger partial charge is 0.0935 e. The van der Waals surface area contributed by atoms with Crippen molar-refractivity contribution in [2.45, 2.75) is 12.5 Å². The lowest BCUT2D eigenvalue weighted by atomic mass is 10.0. The molecule has 0 amide bonds. The molecule has 2 rings (SSSR count). The predicted molar refractivity (Wildman–Crippen MR) is 74.3 cm³/mol. The van der Waals surface area contributed by atoms with E-state index in [1.807, 2.05) is 12.1 Å². The molecule has 0 saturated heterocycles. The van der Waals surface area contributed by atoms with Crippen molar-refractivity contribution >= 4 is 31.9 Å². The minimum Gasteiger partial charge on any atom is -0.472 e. The fraction of sp³-hybridized carbons (Fsp3) is 0.167. The van der Waals surface area contributed by atoms with E-state index in [-0.39, 0.29) is 6.04 Å². The van der Waals surface area contributed by atoms with Gasteiger partial charge in [-0.3, -0.25) is 11.3 Å². The van der Waals surface area contributed by atoms with Crippen molar-refractivity contribution in [1.29, 1.82) is 0 Å². The number of furan rings is 1. The van der Waals surface area contributed by atoms with Crippen LogP contribution in [0.5, 0.6) is 0 Å². The molecule has 5 heteroatoms. The Morgan fingerprint density at radius 1 is 1.24 bits per heavy atom. The summed E-state index contributed by atoms with van der Waals surface area (Å²) in [7, 11) is 0. The minimum atomic E-state index is 0.0569. The third-order valence-electron chi connectivity index (χ3n) is 2.51. The fourth-order valence-corrected chi connectivity index (χ4v) is 3.02. The molecule has 0 aliphatic heterocycles. The van der Waals surface area contributed by atoms with Crippen LogP contribution >= 0.6 is 31.9 Å². The SMILES string of the molecule is NNC(Cc1ccoc1)c1cc(Br)cc(Br)c1. The zero-order valence-electron chi connectivity index (χ0n) is 8.99. The van der Waals surface area contributed by atoms with Gasteiger partial charge in [-0.05, 0) is 41.8 Å². The maximum absolute atomic E-state index is 5.61. The van der Waals surface area contributed by atoms with E-state index >= 15 is 0 Å². The van der Waals surface area contributed by atoms with E-state index in [0.29, 0.717) is 0 Å². The lowest BCUT2D eigenvalue weighted by Crippen LogP contribution is -2.29. The number of hydrogen-bond donors (Lipinski definition) is 2. The van der Waals surface area contributed by atoms with E-state index in [9.17, 15) is 0 Å². The number of hydrazine groups is 1. The molecule has 17 heavy (non-hydrogen) atoms. The molecule has 1 aromatic carbocycles. The zero-order chi connectivity index (χ0) is 12.3. The van der Waals surface area contributed by atoms with Gasteiger partial charge in [-0.15, -0.1) is 0 Å². The zero-order valence-corrected chi connectivity index (χ0v) is 12.2. The fourth-order valence-electron chi connectivity index (χ4n) is 1.69. The maximum atomic E-state index is 5.61. The number of nitrogens with one attached hydrogen (secondary N) is 1. The van der Waals surface area contributed by atoms with Crippen molar-refractivity contribution in [3.8, 4) is 0 Å². The number of halogens is 2. The van der Waals surface area contributed by atoms with Gasteiger partial charge in [0.1, 0.15) is 0 Å². The Labute approximate surface area is 117 Å². The van der Waals surface area contributed by atoms with Gasteiger partial charge in [-0.2, -0.15) is 0 Å². The standard InChI is InChI=1S/C12H12Br2N2O/c13-10-4-9(5-11(14)6-10)12(16-15)3-8-1-2-17-7-8/h1-2,4-7,12,16H,3,15H2. The first kappa shape index (κ1) is 12.8. The minimum absolute atomic E-state index is 0.0569. The molecule has 1 atom stereocenters. The second kappa shape index (κ2) is 5.82.